The van der Waals surface area contributed by atoms with Crippen LogP contribution in [0.25, 0.3) is 0 Å². The third-order valence-electron chi connectivity index (χ3n) is 3.33. The molecule has 0 bridgehead atoms. The van der Waals surface area contributed by atoms with E-state index in [2.05, 4.69) is 6.92 Å². The average Bonchev–Trinajstić information content (AvgIpc) is 2.35. The summed E-state index contributed by atoms with van der Waals surface area (Å²) in [6.07, 6.45) is 0.938. The third kappa shape index (κ3) is 2.94. The first kappa shape index (κ1) is 14.4. The zero-order chi connectivity index (χ0) is 13.9. The minimum Gasteiger partial charge on any atom is -0.397 e. The Bertz CT molecular complexity index is 429. The van der Waals surface area contributed by atoms with Crippen molar-refractivity contribution in [2.75, 3.05) is 31.8 Å². The fraction of sp³-hybridized carbons (Fsp3) is 0.500. The molecule has 4 nitrogen and oxygen atoms in total. The van der Waals surface area contributed by atoms with Gasteiger partial charge in [-0.3, -0.25) is 4.79 Å². The van der Waals surface area contributed by atoms with Gasteiger partial charge in [0.25, 0.3) is 5.91 Å². The lowest BCUT2D eigenvalue weighted by molar-refractivity contribution is 0.0740. The van der Waals surface area contributed by atoms with E-state index in [1.807, 2.05) is 45.1 Å². The van der Waals surface area contributed by atoms with Gasteiger partial charge in [0, 0.05) is 32.7 Å². The molecule has 1 unspecified atom stereocenters. The molecule has 0 fully saturated rings. The molecule has 1 aromatic carbocycles. The number of benzene rings is 1. The molecule has 0 saturated heterocycles. The van der Waals surface area contributed by atoms with Crippen molar-refractivity contribution in [1.82, 2.24) is 4.90 Å². The van der Waals surface area contributed by atoms with E-state index in [1.165, 1.54) is 0 Å². The van der Waals surface area contributed by atoms with E-state index >= 15 is 0 Å². The van der Waals surface area contributed by atoms with Crippen molar-refractivity contribution in [2.45, 2.75) is 26.3 Å². The van der Waals surface area contributed by atoms with Crippen molar-refractivity contribution >= 4 is 17.3 Å². The first-order valence-corrected chi connectivity index (χ1v) is 6.22. The number of hydrogen-bond donors (Lipinski definition) is 1. The first-order valence-electron chi connectivity index (χ1n) is 6.22. The number of carbonyl (C=O) groups excluding carboxylic acids is 1. The summed E-state index contributed by atoms with van der Waals surface area (Å²) in [6, 6.07) is 5.68. The molecule has 18 heavy (non-hydrogen) atoms. The second kappa shape index (κ2) is 5.76. The van der Waals surface area contributed by atoms with Gasteiger partial charge in [0.2, 0.25) is 0 Å². The van der Waals surface area contributed by atoms with E-state index in [1.54, 1.807) is 11.0 Å². The van der Waals surface area contributed by atoms with E-state index in [0.717, 1.165) is 12.1 Å². The summed E-state index contributed by atoms with van der Waals surface area (Å²) >= 11 is 0. The van der Waals surface area contributed by atoms with Crippen molar-refractivity contribution in [3.05, 3.63) is 23.8 Å². The molecule has 0 heterocycles. The van der Waals surface area contributed by atoms with Gasteiger partial charge in [-0.1, -0.05) is 6.92 Å². The molecular formula is C14H23N3O. The van der Waals surface area contributed by atoms with Gasteiger partial charge in [0.05, 0.1) is 11.4 Å². The summed E-state index contributed by atoms with van der Waals surface area (Å²) in [4.78, 5) is 15.9. The number of rotatable bonds is 4. The molecule has 0 radical (unpaired) electrons. The molecule has 1 aromatic rings. The lowest BCUT2D eigenvalue weighted by Crippen LogP contribution is -2.34. The van der Waals surface area contributed by atoms with Crippen LogP contribution in [-0.2, 0) is 0 Å². The molecular weight excluding hydrogens is 226 g/mol. The maximum atomic E-state index is 12.2. The highest BCUT2D eigenvalue weighted by Gasteiger charge is 2.17. The molecule has 100 valence electrons. The fourth-order valence-electron chi connectivity index (χ4n) is 1.77. The Kier molecular flexibility index (Phi) is 4.59. The number of nitrogens with two attached hydrogens (primary N) is 1. The Labute approximate surface area is 109 Å². The van der Waals surface area contributed by atoms with Gasteiger partial charge in [0.1, 0.15) is 0 Å². The Balaban J connectivity index is 2.98. The van der Waals surface area contributed by atoms with E-state index < -0.39 is 0 Å². The molecule has 0 aliphatic rings. The zero-order valence-corrected chi connectivity index (χ0v) is 11.9. The van der Waals surface area contributed by atoms with Crippen LogP contribution in [0.15, 0.2) is 18.2 Å². The van der Waals surface area contributed by atoms with Crippen LogP contribution in [0.2, 0.25) is 0 Å². The highest BCUT2D eigenvalue weighted by atomic mass is 16.2. The zero-order valence-electron chi connectivity index (χ0n) is 11.9. The SMILES string of the molecule is CCC(C)N(C)C(=O)c1ccc(N(C)C)c(N)c1. The molecule has 0 spiro atoms. The lowest BCUT2D eigenvalue weighted by atomic mass is 10.1. The van der Waals surface area contributed by atoms with Crippen molar-refractivity contribution in [3.8, 4) is 0 Å². The van der Waals surface area contributed by atoms with Crippen LogP contribution in [-0.4, -0.2) is 38.0 Å². The van der Waals surface area contributed by atoms with Gasteiger partial charge in [-0.25, -0.2) is 0 Å². The summed E-state index contributed by atoms with van der Waals surface area (Å²) < 4.78 is 0. The molecule has 1 atom stereocenters. The fourth-order valence-corrected chi connectivity index (χ4v) is 1.77. The summed E-state index contributed by atoms with van der Waals surface area (Å²) in [6.45, 7) is 4.10. The molecule has 0 saturated carbocycles. The van der Waals surface area contributed by atoms with Crippen LogP contribution in [0.5, 0.6) is 0 Å². The van der Waals surface area contributed by atoms with Crippen molar-refractivity contribution in [3.63, 3.8) is 0 Å². The van der Waals surface area contributed by atoms with Crippen LogP contribution in [0, 0.1) is 0 Å². The molecule has 1 rings (SSSR count). The molecule has 4 heteroatoms. The van der Waals surface area contributed by atoms with Crippen LogP contribution in [0.4, 0.5) is 11.4 Å². The normalized spacial score (nSPS) is 12.1. The van der Waals surface area contributed by atoms with Gasteiger partial charge >= 0.3 is 0 Å². The second-order valence-corrected chi connectivity index (χ2v) is 4.84. The summed E-state index contributed by atoms with van der Waals surface area (Å²) in [5.41, 5.74) is 8.15. The molecule has 0 aliphatic carbocycles. The minimum atomic E-state index is 0.0151. The summed E-state index contributed by atoms with van der Waals surface area (Å²) in [5, 5.41) is 0. The van der Waals surface area contributed by atoms with Gasteiger partial charge in [-0.05, 0) is 31.5 Å². The molecule has 1 amide bonds. The number of anilines is 2. The van der Waals surface area contributed by atoms with Crippen LogP contribution >= 0.6 is 0 Å². The molecule has 0 aromatic heterocycles. The van der Waals surface area contributed by atoms with Gasteiger partial charge in [0.15, 0.2) is 0 Å². The number of carbonyl (C=O) groups is 1. The lowest BCUT2D eigenvalue weighted by Gasteiger charge is -2.24. The van der Waals surface area contributed by atoms with E-state index in [-0.39, 0.29) is 11.9 Å². The van der Waals surface area contributed by atoms with E-state index in [4.69, 9.17) is 5.73 Å². The van der Waals surface area contributed by atoms with E-state index in [0.29, 0.717) is 11.3 Å². The smallest absolute Gasteiger partial charge is 0.253 e. The largest absolute Gasteiger partial charge is 0.397 e. The van der Waals surface area contributed by atoms with E-state index in [9.17, 15) is 4.79 Å². The minimum absolute atomic E-state index is 0.0151. The standard InChI is InChI=1S/C14H23N3O/c1-6-10(2)17(5)14(18)11-7-8-13(16(3)4)12(15)9-11/h7-10H,6,15H2,1-5H3. The van der Waals surface area contributed by atoms with Gasteiger partial charge in [-0.2, -0.15) is 0 Å². The average molecular weight is 249 g/mol. The highest BCUT2D eigenvalue weighted by Crippen LogP contribution is 2.23. The van der Waals surface area contributed by atoms with Gasteiger partial charge in [-0.15, -0.1) is 0 Å². The molecule has 0 aliphatic heterocycles. The molecule has 2 N–H and O–H groups in total. The van der Waals surface area contributed by atoms with Gasteiger partial charge < -0.3 is 15.5 Å². The Morgan fingerprint density at radius 2 is 1.94 bits per heavy atom. The number of nitrogens with zero attached hydrogens (tertiary/aromatic N) is 2. The Morgan fingerprint density at radius 1 is 1.33 bits per heavy atom. The quantitative estimate of drug-likeness (QED) is 0.832. The monoisotopic (exact) mass is 249 g/mol. The summed E-state index contributed by atoms with van der Waals surface area (Å²) in [7, 11) is 5.68. The van der Waals surface area contributed by atoms with Crippen LogP contribution in [0.1, 0.15) is 30.6 Å². The maximum absolute atomic E-state index is 12.2. The highest BCUT2D eigenvalue weighted by molar-refractivity contribution is 5.96. The number of nitrogen functional groups attached to an aromatic ring is 1. The predicted molar refractivity (Wildman–Crippen MR) is 77.0 cm³/mol. The first-order chi connectivity index (χ1) is 8.38. The summed E-state index contributed by atoms with van der Waals surface area (Å²) in [5.74, 6) is 0.0151. The third-order valence-corrected chi connectivity index (χ3v) is 3.33. The predicted octanol–water partition coefficient (Wildman–Crippen LogP) is 2.21. The number of hydrogen-bond acceptors (Lipinski definition) is 3. The van der Waals surface area contributed by atoms with Crippen molar-refractivity contribution in [1.29, 1.82) is 0 Å². The topological polar surface area (TPSA) is 49.6 Å². The van der Waals surface area contributed by atoms with Crippen LogP contribution in [0.3, 0.4) is 0 Å². The Hall–Kier alpha value is -1.71. The van der Waals surface area contributed by atoms with Crippen LogP contribution < -0.4 is 10.6 Å². The van der Waals surface area contributed by atoms with Crippen molar-refractivity contribution < 1.29 is 4.79 Å². The van der Waals surface area contributed by atoms with Crippen molar-refractivity contribution in [2.24, 2.45) is 0 Å². The Morgan fingerprint density at radius 3 is 2.39 bits per heavy atom. The second-order valence-electron chi connectivity index (χ2n) is 4.84. The number of amides is 1. The maximum Gasteiger partial charge on any atom is 0.253 e.